The Balaban J connectivity index is 1.80. The van der Waals surface area contributed by atoms with Crippen molar-refractivity contribution in [2.45, 2.75) is 39.5 Å². The molecule has 0 radical (unpaired) electrons. The van der Waals surface area contributed by atoms with Gasteiger partial charge in [0.2, 0.25) is 5.88 Å². The molecule has 2 rings (SSSR count). The van der Waals surface area contributed by atoms with E-state index < -0.39 is 0 Å². The molecule has 1 aliphatic carbocycles. The molecule has 1 heterocycles. The summed E-state index contributed by atoms with van der Waals surface area (Å²) >= 11 is 0. The van der Waals surface area contributed by atoms with Gasteiger partial charge in [-0.05, 0) is 49.7 Å². The zero-order valence-corrected chi connectivity index (χ0v) is 12.0. The Morgan fingerprint density at radius 2 is 2.21 bits per heavy atom. The van der Waals surface area contributed by atoms with E-state index in [1.54, 1.807) is 0 Å². The Morgan fingerprint density at radius 3 is 2.89 bits per heavy atom. The molecule has 19 heavy (non-hydrogen) atoms. The summed E-state index contributed by atoms with van der Waals surface area (Å²) in [7, 11) is 0. The molecule has 0 bridgehead atoms. The van der Waals surface area contributed by atoms with Crippen LogP contribution in [0, 0.1) is 11.8 Å². The van der Waals surface area contributed by atoms with Gasteiger partial charge in [-0.1, -0.05) is 13.8 Å². The summed E-state index contributed by atoms with van der Waals surface area (Å²) in [4.78, 5) is 4.43. The van der Waals surface area contributed by atoms with Crippen LogP contribution >= 0.6 is 0 Å². The third-order valence-electron chi connectivity index (χ3n) is 3.31. The van der Waals surface area contributed by atoms with E-state index >= 15 is 0 Å². The molecule has 0 unspecified atom stereocenters. The molecule has 1 aliphatic rings. The highest BCUT2D eigenvalue weighted by atomic mass is 16.5. The van der Waals surface area contributed by atoms with E-state index in [4.69, 9.17) is 10.5 Å². The zero-order chi connectivity index (χ0) is 13.7. The average molecular weight is 263 g/mol. The summed E-state index contributed by atoms with van der Waals surface area (Å²) in [6.45, 7) is 6.17. The van der Waals surface area contributed by atoms with E-state index in [-0.39, 0.29) is 0 Å². The number of nitrogens with zero attached hydrogens (tertiary/aromatic N) is 1. The third-order valence-corrected chi connectivity index (χ3v) is 3.31. The van der Waals surface area contributed by atoms with Gasteiger partial charge in [-0.2, -0.15) is 4.98 Å². The van der Waals surface area contributed by atoms with Crippen LogP contribution in [0.3, 0.4) is 0 Å². The van der Waals surface area contributed by atoms with Gasteiger partial charge < -0.3 is 15.8 Å². The van der Waals surface area contributed by atoms with Gasteiger partial charge in [-0.15, -0.1) is 0 Å². The molecule has 1 aromatic heterocycles. The first-order valence-corrected chi connectivity index (χ1v) is 7.28. The van der Waals surface area contributed by atoms with Crippen molar-refractivity contribution in [3.63, 3.8) is 0 Å². The highest BCUT2D eigenvalue weighted by Gasteiger charge is 2.22. The molecule has 106 valence electrons. The van der Waals surface area contributed by atoms with E-state index in [0.717, 1.165) is 31.3 Å². The second-order valence-electron chi connectivity index (χ2n) is 5.81. The molecule has 0 atom stereocenters. The molecule has 0 saturated heterocycles. The van der Waals surface area contributed by atoms with Gasteiger partial charge in [0.25, 0.3) is 0 Å². The van der Waals surface area contributed by atoms with Crippen molar-refractivity contribution in [1.82, 2.24) is 4.98 Å². The number of hydrogen-bond donors (Lipinski definition) is 2. The van der Waals surface area contributed by atoms with E-state index in [1.807, 2.05) is 12.1 Å². The quantitative estimate of drug-likeness (QED) is 0.706. The van der Waals surface area contributed by atoms with Gasteiger partial charge >= 0.3 is 0 Å². The molecular weight excluding hydrogens is 238 g/mol. The highest BCUT2D eigenvalue weighted by Crippen LogP contribution is 2.30. The van der Waals surface area contributed by atoms with Crippen LogP contribution in [0.5, 0.6) is 5.88 Å². The fraction of sp³-hybridized carbons (Fsp3) is 0.667. The Hall–Kier alpha value is -1.45. The number of nitrogens with one attached hydrogen (secondary N) is 1. The maximum atomic E-state index is 5.88. The first-order valence-electron chi connectivity index (χ1n) is 7.28. The van der Waals surface area contributed by atoms with Gasteiger partial charge in [0.15, 0.2) is 0 Å². The molecule has 0 spiro atoms. The van der Waals surface area contributed by atoms with Crippen LogP contribution in [0.2, 0.25) is 0 Å². The lowest BCUT2D eigenvalue weighted by Gasteiger charge is -2.11. The van der Waals surface area contributed by atoms with Crippen LogP contribution in [0.25, 0.3) is 0 Å². The predicted octanol–water partition coefficient (Wildman–Crippen LogP) is 3.30. The lowest BCUT2D eigenvalue weighted by Crippen LogP contribution is -2.08. The number of nitrogens with two attached hydrogens (primary N) is 1. The first kappa shape index (κ1) is 14.0. The van der Waals surface area contributed by atoms with E-state index in [0.29, 0.717) is 17.5 Å². The third kappa shape index (κ3) is 4.97. The lowest BCUT2D eigenvalue weighted by molar-refractivity contribution is 0.290. The van der Waals surface area contributed by atoms with Crippen molar-refractivity contribution in [3.8, 4) is 5.88 Å². The van der Waals surface area contributed by atoms with Crippen LogP contribution in [-0.2, 0) is 0 Å². The monoisotopic (exact) mass is 263 g/mol. The Kier molecular flexibility index (Phi) is 4.88. The van der Waals surface area contributed by atoms with Crippen LogP contribution in [-0.4, -0.2) is 18.1 Å². The van der Waals surface area contributed by atoms with Gasteiger partial charge in [-0.3, -0.25) is 0 Å². The minimum atomic E-state index is 0.570. The van der Waals surface area contributed by atoms with Crippen molar-refractivity contribution < 1.29 is 4.74 Å². The molecule has 0 aliphatic heterocycles. The van der Waals surface area contributed by atoms with E-state index in [9.17, 15) is 0 Å². The van der Waals surface area contributed by atoms with E-state index in [2.05, 4.69) is 24.1 Å². The minimum absolute atomic E-state index is 0.570. The Labute approximate surface area is 115 Å². The van der Waals surface area contributed by atoms with Crippen LogP contribution in [0.15, 0.2) is 12.1 Å². The normalized spacial score (nSPS) is 14.7. The molecule has 0 amide bonds. The largest absolute Gasteiger partial charge is 0.476 e. The molecule has 3 N–H and O–H groups in total. The molecular formula is C15H25N3O. The maximum Gasteiger partial charge on any atom is 0.239 e. The smallest absolute Gasteiger partial charge is 0.239 e. The average Bonchev–Trinajstić information content (AvgIpc) is 3.18. The van der Waals surface area contributed by atoms with E-state index in [1.165, 1.54) is 19.3 Å². The molecule has 1 aromatic rings. The van der Waals surface area contributed by atoms with Crippen LogP contribution < -0.4 is 15.8 Å². The van der Waals surface area contributed by atoms with Gasteiger partial charge in [0.1, 0.15) is 5.82 Å². The first-order chi connectivity index (χ1) is 9.15. The lowest BCUT2D eigenvalue weighted by atomic mass is 10.1. The fourth-order valence-electron chi connectivity index (χ4n) is 1.87. The summed E-state index contributed by atoms with van der Waals surface area (Å²) in [6.07, 6.45) is 4.93. The maximum absolute atomic E-state index is 5.88. The molecule has 4 nitrogen and oxygen atoms in total. The van der Waals surface area contributed by atoms with Crippen molar-refractivity contribution in [2.24, 2.45) is 11.8 Å². The summed E-state index contributed by atoms with van der Waals surface area (Å²) in [5.74, 6) is 2.88. The van der Waals surface area contributed by atoms with Crippen molar-refractivity contribution >= 4 is 11.5 Å². The molecule has 4 heteroatoms. The second kappa shape index (κ2) is 6.64. The SMILES string of the molecule is CC(C)CCCNc1ccc(N)c(OCC2CC2)n1. The summed E-state index contributed by atoms with van der Waals surface area (Å²) in [6, 6.07) is 3.77. The topological polar surface area (TPSA) is 60.2 Å². The highest BCUT2D eigenvalue weighted by molar-refractivity contribution is 5.53. The second-order valence-corrected chi connectivity index (χ2v) is 5.81. The number of aromatic nitrogens is 1. The number of hydrogen-bond acceptors (Lipinski definition) is 4. The summed E-state index contributed by atoms with van der Waals surface area (Å²) in [5.41, 5.74) is 6.49. The number of anilines is 2. The van der Waals surface area contributed by atoms with Crippen molar-refractivity contribution in [1.29, 1.82) is 0 Å². The van der Waals surface area contributed by atoms with Crippen LogP contribution in [0.1, 0.15) is 39.5 Å². The molecule has 1 saturated carbocycles. The van der Waals surface area contributed by atoms with Crippen molar-refractivity contribution in [2.75, 3.05) is 24.2 Å². The van der Waals surface area contributed by atoms with Crippen molar-refractivity contribution in [3.05, 3.63) is 12.1 Å². The van der Waals surface area contributed by atoms with Gasteiger partial charge in [-0.25, -0.2) is 0 Å². The number of pyridine rings is 1. The standard InChI is InChI=1S/C15H25N3O/c1-11(2)4-3-9-17-14-8-7-13(16)15(18-14)19-10-12-5-6-12/h7-8,11-12H,3-6,9-10,16H2,1-2H3,(H,17,18). The number of nitrogen functional groups attached to an aromatic ring is 1. The molecule has 1 fully saturated rings. The Bertz CT molecular complexity index is 402. The zero-order valence-electron chi connectivity index (χ0n) is 12.0. The predicted molar refractivity (Wildman–Crippen MR) is 79.4 cm³/mol. The Morgan fingerprint density at radius 1 is 1.42 bits per heavy atom. The summed E-state index contributed by atoms with van der Waals surface area (Å²) in [5, 5.41) is 3.32. The molecule has 0 aromatic carbocycles. The van der Waals surface area contributed by atoms with Gasteiger partial charge in [0, 0.05) is 6.54 Å². The van der Waals surface area contributed by atoms with Crippen LogP contribution in [0.4, 0.5) is 11.5 Å². The minimum Gasteiger partial charge on any atom is -0.476 e. The fourth-order valence-corrected chi connectivity index (χ4v) is 1.87. The van der Waals surface area contributed by atoms with Gasteiger partial charge in [0.05, 0.1) is 12.3 Å². The summed E-state index contributed by atoms with van der Waals surface area (Å²) < 4.78 is 5.67. The number of ether oxygens (including phenoxy) is 1. The number of rotatable bonds is 8.